The number of rotatable bonds is 6. The zero-order valence-corrected chi connectivity index (χ0v) is 15.0. The van der Waals surface area contributed by atoms with Crippen LogP contribution >= 0.6 is 11.3 Å². The molecule has 0 spiro atoms. The first-order valence-corrected chi connectivity index (χ1v) is 8.96. The predicted octanol–water partition coefficient (Wildman–Crippen LogP) is 3.56. The Morgan fingerprint density at radius 2 is 2.08 bits per heavy atom. The molecule has 6 nitrogen and oxygen atoms in total. The zero-order chi connectivity index (χ0) is 18.4. The van der Waals surface area contributed by atoms with Gasteiger partial charge >= 0.3 is 5.97 Å². The second-order valence-electron chi connectivity index (χ2n) is 5.39. The number of carbonyl (C=O) groups is 2. The number of benzene rings is 1. The van der Waals surface area contributed by atoms with Gasteiger partial charge in [0, 0.05) is 17.3 Å². The molecule has 2 heterocycles. The van der Waals surface area contributed by atoms with Crippen molar-refractivity contribution in [1.82, 2.24) is 9.97 Å². The SMILES string of the molecule is CCOC(=O)c1cccc(NC(=O)Cc2csc(-c3ccccn3)n2)c1. The molecule has 132 valence electrons. The fraction of sp³-hybridized carbons (Fsp3) is 0.158. The van der Waals surface area contributed by atoms with Gasteiger partial charge in [0.1, 0.15) is 5.01 Å². The van der Waals surface area contributed by atoms with Crippen LogP contribution in [0.3, 0.4) is 0 Å². The number of thiazole rings is 1. The number of nitrogens with zero attached hydrogens (tertiary/aromatic N) is 2. The fourth-order valence-electron chi connectivity index (χ4n) is 2.30. The number of hydrogen-bond acceptors (Lipinski definition) is 6. The quantitative estimate of drug-likeness (QED) is 0.674. The maximum absolute atomic E-state index is 12.3. The summed E-state index contributed by atoms with van der Waals surface area (Å²) >= 11 is 1.45. The maximum Gasteiger partial charge on any atom is 0.338 e. The van der Waals surface area contributed by atoms with Gasteiger partial charge in [-0.05, 0) is 37.3 Å². The molecule has 0 bridgehead atoms. The molecule has 3 rings (SSSR count). The zero-order valence-electron chi connectivity index (χ0n) is 14.1. The Kier molecular flexibility index (Phi) is 5.70. The molecule has 0 radical (unpaired) electrons. The minimum absolute atomic E-state index is 0.146. The van der Waals surface area contributed by atoms with E-state index in [1.807, 2.05) is 23.6 Å². The van der Waals surface area contributed by atoms with Crippen LogP contribution in [0.2, 0.25) is 0 Å². The van der Waals surface area contributed by atoms with E-state index in [2.05, 4.69) is 15.3 Å². The lowest BCUT2D eigenvalue weighted by molar-refractivity contribution is -0.115. The molecule has 1 aromatic carbocycles. The van der Waals surface area contributed by atoms with E-state index in [9.17, 15) is 9.59 Å². The normalized spacial score (nSPS) is 10.3. The summed E-state index contributed by atoms with van der Waals surface area (Å²) < 4.78 is 4.96. The standard InChI is InChI=1S/C19H17N3O3S/c1-2-25-19(24)13-6-5-7-14(10-13)21-17(23)11-15-12-26-18(22-15)16-8-3-4-9-20-16/h3-10,12H,2,11H2,1H3,(H,21,23). The summed E-state index contributed by atoms with van der Waals surface area (Å²) in [7, 11) is 0. The lowest BCUT2D eigenvalue weighted by Gasteiger charge is -2.06. The molecule has 26 heavy (non-hydrogen) atoms. The molecular formula is C19H17N3O3S. The first kappa shape index (κ1) is 17.8. The molecule has 0 saturated heterocycles. The number of amides is 1. The van der Waals surface area contributed by atoms with Crippen LogP contribution in [0, 0.1) is 0 Å². The van der Waals surface area contributed by atoms with Gasteiger partial charge in [-0.3, -0.25) is 9.78 Å². The Morgan fingerprint density at radius 3 is 2.85 bits per heavy atom. The van der Waals surface area contributed by atoms with E-state index >= 15 is 0 Å². The van der Waals surface area contributed by atoms with E-state index in [1.54, 1.807) is 37.4 Å². The van der Waals surface area contributed by atoms with Crippen LogP contribution in [0.1, 0.15) is 23.0 Å². The largest absolute Gasteiger partial charge is 0.462 e. The van der Waals surface area contributed by atoms with Crippen LogP contribution in [0.4, 0.5) is 5.69 Å². The third-order valence-corrected chi connectivity index (χ3v) is 4.35. The average molecular weight is 367 g/mol. The van der Waals surface area contributed by atoms with Crippen molar-refractivity contribution in [2.45, 2.75) is 13.3 Å². The molecule has 0 unspecified atom stereocenters. The Labute approximate surface area is 154 Å². The van der Waals surface area contributed by atoms with Crippen molar-refractivity contribution in [3.05, 3.63) is 65.3 Å². The summed E-state index contributed by atoms with van der Waals surface area (Å²) in [4.78, 5) is 32.7. The Bertz CT molecular complexity index is 909. The Morgan fingerprint density at radius 1 is 1.19 bits per heavy atom. The lowest BCUT2D eigenvalue weighted by Crippen LogP contribution is -2.15. The predicted molar refractivity (Wildman–Crippen MR) is 100 cm³/mol. The van der Waals surface area contributed by atoms with Crippen LogP contribution < -0.4 is 5.32 Å². The number of aromatic nitrogens is 2. The molecule has 0 aliphatic rings. The van der Waals surface area contributed by atoms with Gasteiger partial charge in [0.15, 0.2) is 0 Å². The first-order chi connectivity index (χ1) is 12.7. The van der Waals surface area contributed by atoms with Gasteiger partial charge in [0.25, 0.3) is 0 Å². The number of hydrogen-bond donors (Lipinski definition) is 1. The third-order valence-electron chi connectivity index (χ3n) is 3.43. The number of ether oxygens (including phenoxy) is 1. The second-order valence-corrected chi connectivity index (χ2v) is 6.24. The molecule has 0 aliphatic carbocycles. The maximum atomic E-state index is 12.3. The van der Waals surface area contributed by atoms with Crippen molar-refractivity contribution < 1.29 is 14.3 Å². The van der Waals surface area contributed by atoms with Crippen LogP contribution in [0.25, 0.3) is 10.7 Å². The molecule has 1 N–H and O–H groups in total. The second kappa shape index (κ2) is 8.35. The van der Waals surface area contributed by atoms with Crippen molar-refractivity contribution in [3.8, 4) is 10.7 Å². The summed E-state index contributed by atoms with van der Waals surface area (Å²) in [6.45, 7) is 2.05. The number of esters is 1. The van der Waals surface area contributed by atoms with Crippen molar-refractivity contribution in [1.29, 1.82) is 0 Å². The van der Waals surface area contributed by atoms with E-state index in [0.29, 0.717) is 23.6 Å². The summed E-state index contributed by atoms with van der Waals surface area (Å²) in [6.07, 6.45) is 1.85. The van der Waals surface area contributed by atoms with Crippen LogP contribution in [-0.2, 0) is 16.0 Å². The van der Waals surface area contributed by atoms with Crippen molar-refractivity contribution in [3.63, 3.8) is 0 Å². The van der Waals surface area contributed by atoms with Gasteiger partial charge in [0.05, 0.1) is 30.0 Å². The van der Waals surface area contributed by atoms with Gasteiger partial charge in [-0.25, -0.2) is 9.78 Å². The summed E-state index contributed by atoms with van der Waals surface area (Å²) in [5.41, 5.74) is 2.40. The molecule has 0 aliphatic heterocycles. The van der Waals surface area contributed by atoms with Gasteiger partial charge in [-0.15, -0.1) is 11.3 Å². The monoisotopic (exact) mass is 367 g/mol. The molecule has 1 amide bonds. The molecule has 0 saturated carbocycles. The number of anilines is 1. The van der Waals surface area contributed by atoms with Gasteiger partial charge in [-0.1, -0.05) is 12.1 Å². The minimum atomic E-state index is -0.414. The molecule has 0 fully saturated rings. The molecule has 3 aromatic rings. The molecule has 7 heteroatoms. The Hall–Kier alpha value is -3.06. The number of nitrogens with one attached hydrogen (secondary N) is 1. The summed E-state index contributed by atoms with van der Waals surface area (Å²) in [5.74, 6) is -0.619. The third kappa shape index (κ3) is 4.52. The topological polar surface area (TPSA) is 81.2 Å². The number of pyridine rings is 1. The highest BCUT2D eigenvalue weighted by atomic mass is 32.1. The van der Waals surface area contributed by atoms with Gasteiger partial charge in [0.2, 0.25) is 5.91 Å². The molecule has 0 atom stereocenters. The van der Waals surface area contributed by atoms with Gasteiger partial charge < -0.3 is 10.1 Å². The van der Waals surface area contributed by atoms with E-state index < -0.39 is 5.97 Å². The van der Waals surface area contributed by atoms with E-state index in [0.717, 1.165) is 10.7 Å². The fourth-order valence-corrected chi connectivity index (χ4v) is 3.10. The van der Waals surface area contributed by atoms with Crippen LogP contribution in [-0.4, -0.2) is 28.5 Å². The van der Waals surface area contributed by atoms with Gasteiger partial charge in [-0.2, -0.15) is 0 Å². The van der Waals surface area contributed by atoms with Crippen LogP contribution in [0.15, 0.2) is 54.0 Å². The minimum Gasteiger partial charge on any atom is -0.462 e. The van der Waals surface area contributed by atoms with E-state index in [4.69, 9.17) is 4.74 Å². The summed E-state index contributed by atoms with van der Waals surface area (Å²) in [5, 5.41) is 5.40. The highest BCUT2D eigenvalue weighted by molar-refractivity contribution is 7.13. The molecular weight excluding hydrogens is 350 g/mol. The van der Waals surface area contributed by atoms with E-state index in [1.165, 1.54) is 11.3 Å². The lowest BCUT2D eigenvalue weighted by atomic mass is 10.2. The molecule has 2 aromatic heterocycles. The summed E-state index contributed by atoms with van der Waals surface area (Å²) in [6, 6.07) is 12.3. The first-order valence-electron chi connectivity index (χ1n) is 8.08. The van der Waals surface area contributed by atoms with E-state index in [-0.39, 0.29) is 12.3 Å². The van der Waals surface area contributed by atoms with Crippen molar-refractivity contribution in [2.75, 3.05) is 11.9 Å². The Balaban J connectivity index is 1.64. The highest BCUT2D eigenvalue weighted by Crippen LogP contribution is 2.21. The average Bonchev–Trinajstić information content (AvgIpc) is 3.11. The van der Waals surface area contributed by atoms with Crippen LogP contribution in [0.5, 0.6) is 0 Å². The number of carbonyl (C=O) groups excluding carboxylic acids is 2. The smallest absolute Gasteiger partial charge is 0.338 e. The highest BCUT2D eigenvalue weighted by Gasteiger charge is 2.11. The van der Waals surface area contributed by atoms with Crippen molar-refractivity contribution >= 4 is 28.9 Å². The van der Waals surface area contributed by atoms with Crippen molar-refractivity contribution in [2.24, 2.45) is 0 Å².